The Hall–Kier alpha value is -3.87. The Bertz CT molecular complexity index is 1180. The van der Waals surface area contributed by atoms with Crippen molar-refractivity contribution in [3.63, 3.8) is 0 Å². The van der Waals surface area contributed by atoms with Crippen LogP contribution in [0.5, 0.6) is 5.75 Å². The van der Waals surface area contributed by atoms with E-state index >= 15 is 0 Å². The van der Waals surface area contributed by atoms with Crippen LogP contribution < -0.4 is 20.7 Å². The number of carbonyl (C=O) groups is 1. The minimum Gasteiger partial charge on any atom is -0.488 e. The van der Waals surface area contributed by atoms with Gasteiger partial charge in [0.05, 0.1) is 12.1 Å². The summed E-state index contributed by atoms with van der Waals surface area (Å²) >= 11 is 0. The largest absolute Gasteiger partial charge is 0.488 e. The van der Waals surface area contributed by atoms with Crippen molar-refractivity contribution in [2.24, 2.45) is 0 Å². The van der Waals surface area contributed by atoms with E-state index in [0.717, 1.165) is 0 Å². The molecule has 0 aliphatic carbocycles. The highest BCUT2D eigenvalue weighted by Crippen LogP contribution is 2.29. The highest BCUT2D eigenvalue weighted by atomic mass is 19.1. The van der Waals surface area contributed by atoms with E-state index in [1.165, 1.54) is 16.6 Å². The molecule has 1 atom stereocenters. The summed E-state index contributed by atoms with van der Waals surface area (Å²) in [6, 6.07) is 6.37. The maximum Gasteiger partial charge on any atom is 0.259 e. The van der Waals surface area contributed by atoms with E-state index in [9.17, 15) is 14.4 Å². The third-order valence-corrected chi connectivity index (χ3v) is 4.99. The number of carbonyl (C=O) groups excluding carboxylic acids is 1. The number of aromatic nitrogens is 3. The number of nitriles is 1. The SMILES string of the molecule is CCN1Cc2c(ccc(F)c2C#N)O[C@@H](C)CNC(=O)c2c(N)nn3ccc1nc23. The Labute approximate surface area is 171 Å². The van der Waals surface area contributed by atoms with E-state index in [1.54, 1.807) is 19.2 Å². The lowest BCUT2D eigenvalue weighted by molar-refractivity contribution is 0.0934. The molecule has 3 aromatic rings. The molecule has 10 heteroatoms. The van der Waals surface area contributed by atoms with Crippen LogP contribution in [0.15, 0.2) is 24.4 Å². The van der Waals surface area contributed by atoms with Crippen LogP contribution in [0.25, 0.3) is 5.65 Å². The molecule has 30 heavy (non-hydrogen) atoms. The zero-order valence-electron chi connectivity index (χ0n) is 16.5. The first kappa shape index (κ1) is 19.4. The topological polar surface area (TPSA) is 122 Å². The summed E-state index contributed by atoms with van der Waals surface area (Å²) in [5, 5.41) is 16.5. The number of hydrogen-bond donors (Lipinski definition) is 2. The highest BCUT2D eigenvalue weighted by molar-refractivity contribution is 6.04. The van der Waals surface area contributed by atoms with Gasteiger partial charge in [-0.3, -0.25) is 4.79 Å². The molecule has 0 saturated carbocycles. The fourth-order valence-electron chi connectivity index (χ4n) is 3.45. The summed E-state index contributed by atoms with van der Waals surface area (Å²) in [7, 11) is 0. The number of ether oxygens (including phenoxy) is 1. The van der Waals surface area contributed by atoms with E-state index in [0.29, 0.717) is 29.3 Å². The number of rotatable bonds is 1. The molecule has 0 spiro atoms. The number of nitrogens with one attached hydrogen (secondary N) is 1. The zero-order valence-corrected chi connectivity index (χ0v) is 16.5. The van der Waals surface area contributed by atoms with Gasteiger partial charge in [-0.1, -0.05) is 0 Å². The number of nitrogens with two attached hydrogens (primary N) is 1. The number of nitrogen functional groups attached to an aromatic ring is 1. The first-order valence-electron chi connectivity index (χ1n) is 9.49. The molecule has 0 fully saturated rings. The predicted octanol–water partition coefficient (Wildman–Crippen LogP) is 1.86. The van der Waals surface area contributed by atoms with E-state index in [4.69, 9.17) is 10.5 Å². The molecule has 154 valence electrons. The third kappa shape index (κ3) is 3.24. The van der Waals surface area contributed by atoms with Gasteiger partial charge in [-0.2, -0.15) is 5.26 Å². The number of anilines is 2. The Morgan fingerprint density at radius 1 is 1.43 bits per heavy atom. The number of benzene rings is 1. The van der Waals surface area contributed by atoms with E-state index in [2.05, 4.69) is 15.4 Å². The minimum atomic E-state index is -0.615. The average Bonchev–Trinajstić information content (AvgIpc) is 3.06. The number of nitrogens with zero attached hydrogens (tertiary/aromatic N) is 5. The second-order valence-electron chi connectivity index (χ2n) is 6.98. The van der Waals surface area contributed by atoms with E-state index in [1.807, 2.05) is 17.9 Å². The van der Waals surface area contributed by atoms with Gasteiger partial charge in [0.25, 0.3) is 5.91 Å². The second kappa shape index (κ2) is 7.51. The molecule has 9 nitrogen and oxygen atoms in total. The van der Waals surface area contributed by atoms with Crippen LogP contribution >= 0.6 is 0 Å². The summed E-state index contributed by atoms with van der Waals surface area (Å²) < 4.78 is 21.7. The molecular formula is C20H20FN7O2. The first-order chi connectivity index (χ1) is 14.4. The van der Waals surface area contributed by atoms with Gasteiger partial charge in [-0.25, -0.2) is 13.9 Å². The molecule has 0 radical (unpaired) electrons. The van der Waals surface area contributed by atoms with Crippen molar-refractivity contribution >= 4 is 23.2 Å². The molecule has 3 N–H and O–H groups in total. The van der Waals surface area contributed by atoms with Crippen molar-refractivity contribution in [1.82, 2.24) is 19.9 Å². The van der Waals surface area contributed by atoms with Gasteiger partial charge in [0.1, 0.15) is 35.1 Å². The van der Waals surface area contributed by atoms with E-state index in [-0.39, 0.29) is 30.0 Å². The minimum absolute atomic E-state index is 0.0702. The lowest BCUT2D eigenvalue weighted by Crippen LogP contribution is -2.34. The van der Waals surface area contributed by atoms with Crippen LogP contribution in [0.2, 0.25) is 0 Å². The van der Waals surface area contributed by atoms with E-state index < -0.39 is 17.8 Å². The van der Waals surface area contributed by atoms with Gasteiger partial charge in [0.2, 0.25) is 0 Å². The molecule has 1 aromatic carbocycles. The van der Waals surface area contributed by atoms with Crippen LogP contribution in [0.3, 0.4) is 0 Å². The molecular weight excluding hydrogens is 389 g/mol. The fraction of sp³-hybridized carbons (Fsp3) is 0.300. The lowest BCUT2D eigenvalue weighted by atomic mass is 10.1. The maximum atomic E-state index is 14.3. The summed E-state index contributed by atoms with van der Waals surface area (Å²) in [5.74, 6) is -0.0422. The Kier molecular flexibility index (Phi) is 4.87. The van der Waals surface area contributed by atoms with Crippen molar-refractivity contribution in [3.8, 4) is 11.8 Å². The Morgan fingerprint density at radius 2 is 2.23 bits per heavy atom. The molecule has 0 saturated heterocycles. The zero-order chi connectivity index (χ0) is 21.4. The van der Waals surface area contributed by atoms with Crippen molar-refractivity contribution in [2.45, 2.75) is 26.5 Å². The molecule has 2 bridgehead atoms. The van der Waals surface area contributed by atoms with Crippen LogP contribution in [-0.4, -0.2) is 39.7 Å². The molecule has 1 aliphatic rings. The number of amides is 1. The van der Waals surface area contributed by atoms with Gasteiger partial charge < -0.3 is 20.7 Å². The highest BCUT2D eigenvalue weighted by Gasteiger charge is 2.24. The van der Waals surface area contributed by atoms with Crippen LogP contribution in [0, 0.1) is 17.1 Å². The predicted molar refractivity (Wildman–Crippen MR) is 108 cm³/mol. The average molecular weight is 409 g/mol. The molecule has 4 rings (SSSR count). The first-order valence-corrected chi connectivity index (χ1v) is 9.49. The third-order valence-electron chi connectivity index (χ3n) is 4.99. The number of hydrogen-bond acceptors (Lipinski definition) is 7. The fourth-order valence-corrected chi connectivity index (χ4v) is 3.45. The molecule has 1 amide bonds. The maximum absolute atomic E-state index is 14.3. The summed E-state index contributed by atoms with van der Waals surface area (Å²) in [6.07, 6.45) is 1.22. The second-order valence-corrected chi connectivity index (χ2v) is 6.98. The molecule has 2 aromatic heterocycles. The normalized spacial score (nSPS) is 16.7. The summed E-state index contributed by atoms with van der Waals surface area (Å²) in [4.78, 5) is 19.2. The summed E-state index contributed by atoms with van der Waals surface area (Å²) in [6.45, 7) is 4.57. The standard InChI is InChI=1S/C20H20FN7O2/c1-3-27-10-13-12(8-22)14(21)4-5-15(13)30-11(2)9-24-20(29)17-18(23)26-28-7-6-16(27)25-19(17)28/h4-7,11H,3,9-10H2,1-2H3,(H2,23,26)(H,24,29)/t11-/m0/s1. The van der Waals surface area contributed by atoms with Crippen molar-refractivity contribution < 1.29 is 13.9 Å². The van der Waals surface area contributed by atoms with Crippen LogP contribution in [-0.2, 0) is 6.54 Å². The Morgan fingerprint density at radius 3 is 2.97 bits per heavy atom. The van der Waals surface area contributed by atoms with Gasteiger partial charge in [-0.15, -0.1) is 5.10 Å². The van der Waals surface area contributed by atoms with Gasteiger partial charge in [0, 0.05) is 24.8 Å². The van der Waals surface area contributed by atoms with Gasteiger partial charge >= 0.3 is 0 Å². The smallest absolute Gasteiger partial charge is 0.259 e. The quantitative estimate of drug-likeness (QED) is 0.629. The molecule has 0 unspecified atom stereocenters. The van der Waals surface area contributed by atoms with Crippen molar-refractivity contribution in [3.05, 3.63) is 46.9 Å². The number of fused-ring (bicyclic) bond motifs is 2. The van der Waals surface area contributed by atoms with Gasteiger partial charge in [0.15, 0.2) is 11.5 Å². The monoisotopic (exact) mass is 409 g/mol. The number of halogens is 1. The molecule has 1 aliphatic heterocycles. The summed E-state index contributed by atoms with van der Waals surface area (Å²) in [5.41, 5.74) is 6.81. The van der Waals surface area contributed by atoms with Crippen molar-refractivity contribution in [2.75, 3.05) is 23.7 Å². The lowest BCUT2D eigenvalue weighted by Gasteiger charge is -2.25. The van der Waals surface area contributed by atoms with Crippen LogP contribution in [0.4, 0.5) is 16.0 Å². The Balaban J connectivity index is 1.92. The van der Waals surface area contributed by atoms with Crippen LogP contribution in [0.1, 0.15) is 35.3 Å². The van der Waals surface area contributed by atoms with Crippen molar-refractivity contribution in [1.29, 1.82) is 5.26 Å². The van der Waals surface area contributed by atoms with Gasteiger partial charge in [-0.05, 0) is 32.0 Å². The molecule has 3 heterocycles.